The highest BCUT2D eigenvalue weighted by molar-refractivity contribution is 5.41. The zero-order valence-electron chi connectivity index (χ0n) is 12.1. The molecule has 0 fully saturated rings. The minimum absolute atomic E-state index is 0.208. The van der Waals surface area contributed by atoms with E-state index in [4.69, 9.17) is 10.5 Å². The lowest BCUT2D eigenvalue weighted by Crippen LogP contribution is -2.07. The second kappa shape index (κ2) is 6.06. The summed E-state index contributed by atoms with van der Waals surface area (Å²) in [6, 6.07) is 12.2. The lowest BCUT2D eigenvalue weighted by Gasteiger charge is -2.15. The van der Waals surface area contributed by atoms with Crippen molar-refractivity contribution in [1.82, 2.24) is 0 Å². The molecular weight excluding hydrogens is 253 g/mol. The van der Waals surface area contributed by atoms with Gasteiger partial charge in [-0.2, -0.15) is 0 Å². The van der Waals surface area contributed by atoms with Crippen LogP contribution in [0.15, 0.2) is 42.5 Å². The molecule has 0 aliphatic heterocycles. The van der Waals surface area contributed by atoms with Gasteiger partial charge in [0.25, 0.3) is 0 Å². The summed E-state index contributed by atoms with van der Waals surface area (Å²) in [6.45, 7) is 6.06. The number of ether oxygens (including phenoxy) is 1. The van der Waals surface area contributed by atoms with Gasteiger partial charge in [-0.3, -0.25) is 0 Å². The fourth-order valence-corrected chi connectivity index (χ4v) is 2.03. The van der Waals surface area contributed by atoms with E-state index in [1.165, 1.54) is 11.6 Å². The molecule has 0 heterocycles. The van der Waals surface area contributed by atoms with Gasteiger partial charge in [-0.1, -0.05) is 38.1 Å². The monoisotopic (exact) mass is 273 g/mol. The average molecular weight is 273 g/mol. The van der Waals surface area contributed by atoms with E-state index in [-0.39, 0.29) is 11.8 Å². The number of nitrogens with two attached hydrogens (primary N) is 1. The molecule has 0 amide bonds. The van der Waals surface area contributed by atoms with Gasteiger partial charge in [0.1, 0.15) is 5.75 Å². The summed E-state index contributed by atoms with van der Waals surface area (Å²) in [6.07, 6.45) is 0. The first-order valence-electron chi connectivity index (χ1n) is 6.81. The SMILES string of the molecule is CC(C)c1ccc(Oc2c(F)cccc2C(C)N)cc1. The molecule has 0 spiro atoms. The van der Waals surface area contributed by atoms with Crippen molar-refractivity contribution in [3.8, 4) is 11.5 Å². The third kappa shape index (κ3) is 3.17. The first-order valence-corrected chi connectivity index (χ1v) is 6.81. The Morgan fingerprint density at radius 3 is 2.20 bits per heavy atom. The number of hydrogen-bond donors (Lipinski definition) is 1. The first-order chi connectivity index (χ1) is 9.49. The summed E-state index contributed by atoms with van der Waals surface area (Å²) in [5.41, 5.74) is 7.74. The van der Waals surface area contributed by atoms with E-state index in [9.17, 15) is 4.39 Å². The highest BCUT2D eigenvalue weighted by atomic mass is 19.1. The van der Waals surface area contributed by atoms with Crippen molar-refractivity contribution in [2.45, 2.75) is 32.7 Å². The predicted molar refractivity (Wildman–Crippen MR) is 79.6 cm³/mol. The highest BCUT2D eigenvalue weighted by Crippen LogP contribution is 2.32. The number of para-hydroxylation sites is 1. The van der Waals surface area contributed by atoms with Gasteiger partial charge >= 0.3 is 0 Å². The third-order valence-corrected chi connectivity index (χ3v) is 3.25. The van der Waals surface area contributed by atoms with Gasteiger partial charge in [0.05, 0.1) is 0 Å². The van der Waals surface area contributed by atoms with Gasteiger partial charge in [0.2, 0.25) is 0 Å². The summed E-state index contributed by atoms with van der Waals surface area (Å²) < 4.78 is 19.6. The maximum absolute atomic E-state index is 13.9. The molecule has 0 saturated carbocycles. The van der Waals surface area contributed by atoms with E-state index >= 15 is 0 Å². The fraction of sp³-hybridized carbons (Fsp3) is 0.294. The van der Waals surface area contributed by atoms with E-state index in [1.807, 2.05) is 31.2 Å². The first kappa shape index (κ1) is 14.5. The Morgan fingerprint density at radius 1 is 1.00 bits per heavy atom. The summed E-state index contributed by atoms with van der Waals surface area (Å²) in [5.74, 6) is 0.881. The topological polar surface area (TPSA) is 35.2 Å². The van der Waals surface area contributed by atoms with Gasteiger partial charge in [0.15, 0.2) is 11.6 Å². The molecule has 0 bridgehead atoms. The summed E-state index contributed by atoms with van der Waals surface area (Å²) in [7, 11) is 0. The minimum Gasteiger partial charge on any atom is -0.454 e. The van der Waals surface area contributed by atoms with Crippen LogP contribution in [0, 0.1) is 5.82 Å². The molecule has 2 nitrogen and oxygen atoms in total. The number of halogens is 1. The smallest absolute Gasteiger partial charge is 0.167 e. The lowest BCUT2D eigenvalue weighted by atomic mass is 10.0. The molecule has 2 aromatic carbocycles. The molecule has 0 aliphatic carbocycles. The maximum atomic E-state index is 13.9. The van der Waals surface area contributed by atoms with E-state index in [0.29, 0.717) is 17.2 Å². The normalized spacial score (nSPS) is 12.5. The van der Waals surface area contributed by atoms with Crippen LogP contribution in [0.4, 0.5) is 4.39 Å². The van der Waals surface area contributed by atoms with Gasteiger partial charge in [0, 0.05) is 11.6 Å². The van der Waals surface area contributed by atoms with Crippen molar-refractivity contribution in [2.24, 2.45) is 5.73 Å². The van der Waals surface area contributed by atoms with Gasteiger partial charge < -0.3 is 10.5 Å². The van der Waals surface area contributed by atoms with E-state index in [0.717, 1.165) is 0 Å². The van der Waals surface area contributed by atoms with Crippen LogP contribution in [0.3, 0.4) is 0 Å². The number of hydrogen-bond acceptors (Lipinski definition) is 2. The van der Waals surface area contributed by atoms with Crippen LogP contribution in [0.1, 0.15) is 43.9 Å². The van der Waals surface area contributed by atoms with Gasteiger partial charge in [-0.05, 0) is 36.6 Å². The van der Waals surface area contributed by atoms with Crippen LogP contribution in [-0.2, 0) is 0 Å². The Bertz CT molecular complexity index is 576. The second-order valence-electron chi connectivity index (χ2n) is 5.27. The average Bonchev–Trinajstić information content (AvgIpc) is 2.41. The van der Waals surface area contributed by atoms with E-state index in [1.54, 1.807) is 12.1 Å². The lowest BCUT2D eigenvalue weighted by molar-refractivity contribution is 0.432. The summed E-state index contributed by atoms with van der Waals surface area (Å²) in [5, 5.41) is 0. The Kier molecular flexibility index (Phi) is 4.40. The molecule has 0 saturated heterocycles. The Hall–Kier alpha value is -1.87. The molecule has 0 aliphatic rings. The molecule has 2 aromatic rings. The maximum Gasteiger partial charge on any atom is 0.167 e. The zero-order valence-corrected chi connectivity index (χ0v) is 12.1. The van der Waals surface area contributed by atoms with Crippen LogP contribution < -0.4 is 10.5 Å². The standard InChI is InChI=1S/C17H20FNO/c1-11(2)13-7-9-14(10-8-13)20-17-15(12(3)19)5-4-6-16(17)18/h4-12H,19H2,1-3H3. The van der Waals surface area contributed by atoms with Crippen LogP contribution in [-0.4, -0.2) is 0 Å². The summed E-state index contributed by atoms with van der Waals surface area (Å²) >= 11 is 0. The number of rotatable bonds is 4. The molecule has 3 heteroatoms. The molecule has 2 N–H and O–H groups in total. The largest absolute Gasteiger partial charge is 0.454 e. The highest BCUT2D eigenvalue weighted by Gasteiger charge is 2.14. The van der Waals surface area contributed by atoms with Crippen molar-refractivity contribution in [3.05, 3.63) is 59.4 Å². The van der Waals surface area contributed by atoms with Gasteiger partial charge in [-0.25, -0.2) is 4.39 Å². The molecule has 0 aromatic heterocycles. The Labute approximate surface area is 119 Å². The third-order valence-electron chi connectivity index (χ3n) is 3.25. The van der Waals surface area contributed by atoms with E-state index in [2.05, 4.69) is 13.8 Å². The minimum atomic E-state index is -0.396. The molecule has 0 radical (unpaired) electrons. The fourth-order valence-electron chi connectivity index (χ4n) is 2.03. The molecule has 106 valence electrons. The van der Waals surface area contributed by atoms with Gasteiger partial charge in [-0.15, -0.1) is 0 Å². The zero-order chi connectivity index (χ0) is 14.7. The molecule has 1 unspecified atom stereocenters. The predicted octanol–water partition coefficient (Wildman–Crippen LogP) is 4.76. The molecule has 2 rings (SSSR count). The number of benzene rings is 2. The quantitative estimate of drug-likeness (QED) is 0.871. The van der Waals surface area contributed by atoms with Crippen molar-refractivity contribution < 1.29 is 9.13 Å². The molecular formula is C17H20FNO. The van der Waals surface area contributed by atoms with E-state index < -0.39 is 5.82 Å². The van der Waals surface area contributed by atoms with Crippen molar-refractivity contribution in [2.75, 3.05) is 0 Å². The Balaban J connectivity index is 2.30. The van der Waals surface area contributed by atoms with Crippen LogP contribution in [0.5, 0.6) is 11.5 Å². The second-order valence-corrected chi connectivity index (χ2v) is 5.27. The van der Waals surface area contributed by atoms with Crippen molar-refractivity contribution in [3.63, 3.8) is 0 Å². The van der Waals surface area contributed by atoms with Crippen LogP contribution >= 0.6 is 0 Å². The van der Waals surface area contributed by atoms with Crippen LogP contribution in [0.25, 0.3) is 0 Å². The van der Waals surface area contributed by atoms with Crippen molar-refractivity contribution in [1.29, 1.82) is 0 Å². The van der Waals surface area contributed by atoms with Crippen LogP contribution in [0.2, 0.25) is 0 Å². The summed E-state index contributed by atoms with van der Waals surface area (Å²) in [4.78, 5) is 0. The molecule has 1 atom stereocenters. The molecule has 20 heavy (non-hydrogen) atoms. The Morgan fingerprint density at radius 2 is 1.65 bits per heavy atom. The van der Waals surface area contributed by atoms with Crippen molar-refractivity contribution >= 4 is 0 Å².